The van der Waals surface area contributed by atoms with Gasteiger partial charge in [-0.1, -0.05) is 0 Å². The molecule has 0 aliphatic heterocycles. The smallest absolute Gasteiger partial charge is 0.222 e. The first-order chi connectivity index (χ1) is 6.36. The Bertz CT molecular complexity index is 232. The molecule has 0 amide bonds. The van der Waals surface area contributed by atoms with E-state index in [9.17, 15) is 0 Å². The molecule has 0 radical (unpaired) electrons. The molecule has 1 rings (SSSR count). The number of hydrogen-bond acceptors (Lipinski definition) is 4. The molecular weight excluding hydrogens is 190 g/mol. The maximum absolute atomic E-state index is 5.70. The van der Waals surface area contributed by atoms with Gasteiger partial charge in [-0.3, -0.25) is 0 Å². The summed E-state index contributed by atoms with van der Waals surface area (Å²) in [6, 6.07) is 1.81. The normalized spacial score (nSPS) is 12.5. The number of rotatable bonds is 5. The molecule has 0 aliphatic carbocycles. The van der Waals surface area contributed by atoms with Gasteiger partial charge in [0.2, 0.25) is 5.95 Å². The van der Waals surface area contributed by atoms with E-state index in [-0.39, 0.29) is 6.04 Å². The maximum Gasteiger partial charge on any atom is 0.222 e. The zero-order chi connectivity index (χ0) is 9.52. The number of methoxy groups -OCH3 is 1. The minimum Gasteiger partial charge on any atom is -0.383 e. The molecule has 72 valence electrons. The van der Waals surface area contributed by atoms with Crippen LogP contribution < -0.4 is 5.32 Å². The number of halogens is 1. The third-order valence-corrected chi connectivity index (χ3v) is 1.83. The van der Waals surface area contributed by atoms with Gasteiger partial charge in [-0.2, -0.15) is 0 Å². The van der Waals surface area contributed by atoms with E-state index in [1.165, 1.54) is 0 Å². The van der Waals surface area contributed by atoms with Crippen LogP contribution in [0.3, 0.4) is 0 Å². The summed E-state index contributed by atoms with van der Waals surface area (Å²) < 4.78 is 4.96. The highest BCUT2D eigenvalue weighted by molar-refractivity contribution is 6.18. The van der Waals surface area contributed by atoms with E-state index in [1.807, 2.05) is 0 Å². The topological polar surface area (TPSA) is 47.0 Å². The second-order valence-corrected chi connectivity index (χ2v) is 2.83. The minimum atomic E-state index is 0.0501. The summed E-state index contributed by atoms with van der Waals surface area (Å²) in [7, 11) is 1.63. The highest BCUT2D eigenvalue weighted by Gasteiger charge is 2.06. The van der Waals surface area contributed by atoms with Crippen LogP contribution >= 0.6 is 11.6 Å². The molecule has 0 spiro atoms. The van der Waals surface area contributed by atoms with E-state index in [2.05, 4.69) is 15.3 Å². The predicted molar refractivity (Wildman–Crippen MR) is 52.0 cm³/mol. The van der Waals surface area contributed by atoms with Gasteiger partial charge in [-0.25, -0.2) is 9.97 Å². The molecule has 1 aromatic heterocycles. The number of ether oxygens (including phenoxy) is 1. The minimum absolute atomic E-state index is 0.0501. The van der Waals surface area contributed by atoms with Gasteiger partial charge in [0.1, 0.15) is 0 Å². The Morgan fingerprint density at radius 2 is 2.23 bits per heavy atom. The zero-order valence-electron chi connectivity index (χ0n) is 7.40. The highest BCUT2D eigenvalue weighted by atomic mass is 35.5. The van der Waals surface area contributed by atoms with Gasteiger partial charge in [0.05, 0.1) is 12.6 Å². The van der Waals surface area contributed by atoms with Gasteiger partial charge in [0.25, 0.3) is 0 Å². The third kappa shape index (κ3) is 3.57. The standard InChI is InChI=1S/C8H12ClN3O/c1-13-6-7(5-9)12-8-10-3-2-4-11-8/h2-4,7H,5-6H2,1H3,(H,10,11,12). The van der Waals surface area contributed by atoms with Crippen LogP contribution in [0.2, 0.25) is 0 Å². The van der Waals surface area contributed by atoms with Crippen LogP contribution in [0, 0.1) is 0 Å². The Balaban J connectivity index is 2.46. The van der Waals surface area contributed by atoms with Crippen molar-refractivity contribution in [1.29, 1.82) is 0 Å². The molecule has 4 nitrogen and oxygen atoms in total. The molecule has 5 heteroatoms. The van der Waals surface area contributed by atoms with Crippen LogP contribution in [-0.2, 0) is 4.74 Å². The summed E-state index contributed by atoms with van der Waals surface area (Å²) in [6.45, 7) is 0.543. The van der Waals surface area contributed by atoms with Gasteiger partial charge in [-0.05, 0) is 6.07 Å². The largest absolute Gasteiger partial charge is 0.383 e. The van der Waals surface area contributed by atoms with E-state index < -0.39 is 0 Å². The first kappa shape index (κ1) is 10.2. The summed E-state index contributed by atoms with van der Waals surface area (Å²) in [6.07, 6.45) is 3.35. The zero-order valence-corrected chi connectivity index (χ0v) is 8.16. The average molecular weight is 202 g/mol. The van der Waals surface area contributed by atoms with Crippen LogP contribution in [0.1, 0.15) is 0 Å². The van der Waals surface area contributed by atoms with Crippen LogP contribution in [0.4, 0.5) is 5.95 Å². The summed E-state index contributed by atoms with van der Waals surface area (Å²) in [5.74, 6) is 1.04. The number of aromatic nitrogens is 2. The van der Waals surface area contributed by atoms with Crippen molar-refractivity contribution in [2.24, 2.45) is 0 Å². The predicted octanol–water partition coefficient (Wildman–Crippen LogP) is 1.14. The van der Waals surface area contributed by atoms with E-state index in [0.29, 0.717) is 18.4 Å². The van der Waals surface area contributed by atoms with Gasteiger partial charge < -0.3 is 10.1 Å². The number of nitrogens with zero attached hydrogens (tertiary/aromatic N) is 2. The van der Waals surface area contributed by atoms with Crippen molar-refractivity contribution >= 4 is 17.5 Å². The lowest BCUT2D eigenvalue weighted by Gasteiger charge is -2.13. The molecule has 1 unspecified atom stereocenters. The van der Waals surface area contributed by atoms with Crippen molar-refractivity contribution in [2.75, 3.05) is 24.9 Å². The lowest BCUT2D eigenvalue weighted by molar-refractivity contribution is 0.191. The lowest BCUT2D eigenvalue weighted by Crippen LogP contribution is -2.27. The molecule has 0 fully saturated rings. The fourth-order valence-electron chi connectivity index (χ4n) is 0.882. The number of anilines is 1. The Morgan fingerprint density at radius 1 is 1.54 bits per heavy atom. The average Bonchev–Trinajstić information content (AvgIpc) is 2.19. The van der Waals surface area contributed by atoms with Crippen LogP contribution in [0.5, 0.6) is 0 Å². The van der Waals surface area contributed by atoms with Crippen molar-refractivity contribution in [3.63, 3.8) is 0 Å². The SMILES string of the molecule is COCC(CCl)Nc1ncccn1. The second kappa shape index (κ2) is 5.72. The first-order valence-electron chi connectivity index (χ1n) is 3.95. The van der Waals surface area contributed by atoms with E-state index >= 15 is 0 Å². The Labute approximate surface area is 82.3 Å². The maximum atomic E-state index is 5.70. The van der Waals surface area contributed by atoms with Crippen molar-refractivity contribution in [2.45, 2.75) is 6.04 Å². The Hall–Kier alpha value is -0.870. The highest BCUT2D eigenvalue weighted by Crippen LogP contribution is 2.00. The summed E-state index contributed by atoms with van der Waals surface area (Å²) in [4.78, 5) is 8.02. The fourth-order valence-corrected chi connectivity index (χ4v) is 1.05. The number of alkyl halides is 1. The third-order valence-electron chi connectivity index (χ3n) is 1.45. The summed E-state index contributed by atoms with van der Waals surface area (Å²) >= 11 is 5.70. The van der Waals surface area contributed by atoms with Gasteiger partial charge in [0, 0.05) is 25.4 Å². The number of hydrogen-bond donors (Lipinski definition) is 1. The molecule has 0 saturated heterocycles. The van der Waals surface area contributed by atoms with E-state index in [4.69, 9.17) is 16.3 Å². The van der Waals surface area contributed by atoms with Crippen LogP contribution in [-0.4, -0.2) is 35.6 Å². The molecule has 1 aromatic rings. The van der Waals surface area contributed by atoms with Crippen LogP contribution in [0.25, 0.3) is 0 Å². The molecule has 0 bridgehead atoms. The van der Waals surface area contributed by atoms with Crippen molar-refractivity contribution in [3.05, 3.63) is 18.5 Å². The van der Waals surface area contributed by atoms with Crippen molar-refractivity contribution in [3.8, 4) is 0 Å². The summed E-state index contributed by atoms with van der Waals surface area (Å²) in [5, 5.41) is 3.05. The van der Waals surface area contributed by atoms with Gasteiger partial charge in [0.15, 0.2) is 0 Å². The summed E-state index contributed by atoms with van der Waals surface area (Å²) in [5.41, 5.74) is 0. The molecule has 0 aromatic carbocycles. The molecule has 0 aliphatic rings. The quantitative estimate of drug-likeness (QED) is 0.726. The van der Waals surface area contributed by atoms with Gasteiger partial charge in [-0.15, -0.1) is 11.6 Å². The fraction of sp³-hybridized carbons (Fsp3) is 0.500. The van der Waals surface area contributed by atoms with Crippen molar-refractivity contribution < 1.29 is 4.74 Å². The number of nitrogens with one attached hydrogen (secondary N) is 1. The van der Waals surface area contributed by atoms with E-state index in [0.717, 1.165) is 0 Å². The van der Waals surface area contributed by atoms with E-state index in [1.54, 1.807) is 25.6 Å². The second-order valence-electron chi connectivity index (χ2n) is 2.52. The molecule has 1 N–H and O–H groups in total. The monoisotopic (exact) mass is 201 g/mol. The van der Waals surface area contributed by atoms with Crippen molar-refractivity contribution in [1.82, 2.24) is 9.97 Å². The molecular formula is C8H12ClN3O. The Kier molecular flexibility index (Phi) is 4.49. The molecule has 13 heavy (non-hydrogen) atoms. The molecule has 1 heterocycles. The van der Waals surface area contributed by atoms with Crippen LogP contribution in [0.15, 0.2) is 18.5 Å². The first-order valence-corrected chi connectivity index (χ1v) is 4.48. The van der Waals surface area contributed by atoms with Gasteiger partial charge >= 0.3 is 0 Å². The molecule has 1 atom stereocenters. The Morgan fingerprint density at radius 3 is 2.77 bits per heavy atom. The lowest BCUT2D eigenvalue weighted by atomic mass is 10.4. The molecule has 0 saturated carbocycles.